The van der Waals surface area contributed by atoms with Crippen LogP contribution in [0.25, 0.3) is 10.4 Å². The Hall–Kier alpha value is -4.05. The summed E-state index contributed by atoms with van der Waals surface area (Å²) in [5.74, 6) is -0.753. The molecule has 0 saturated carbocycles. The van der Waals surface area contributed by atoms with Crippen molar-refractivity contribution >= 4 is 28.3 Å². The van der Waals surface area contributed by atoms with Gasteiger partial charge in [0.05, 0.1) is 32.0 Å². The first-order valence-corrected chi connectivity index (χ1v) is 11.5. The summed E-state index contributed by atoms with van der Waals surface area (Å²) < 4.78 is 17.6. The van der Waals surface area contributed by atoms with E-state index in [-0.39, 0.29) is 12.5 Å². The van der Waals surface area contributed by atoms with Crippen LogP contribution >= 0.6 is 11.3 Å². The minimum atomic E-state index is -0.769. The molecule has 0 bridgehead atoms. The Morgan fingerprint density at radius 2 is 1.86 bits per heavy atom. The first-order chi connectivity index (χ1) is 16.8. The van der Waals surface area contributed by atoms with E-state index in [1.807, 2.05) is 49.2 Å². The van der Waals surface area contributed by atoms with E-state index in [4.69, 9.17) is 19.9 Å². The molecule has 1 aliphatic heterocycles. The van der Waals surface area contributed by atoms with Gasteiger partial charge in [-0.05, 0) is 36.0 Å². The number of benzene rings is 2. The maximum atomic E-state index is 13.8. The third-order valence-corrected chi connectivity index (χ3v) is 7.11. The molecule has 1 aromatic heterocycles. The molecule has 182 valence electrons. The van der Waals surface area contributed by atoms with Crippen LogP contribution in [0.5, 0.6) is 17.4 Å². The quantitative estimate of drug-likeness (QED) is 0.394. The molecule has 10 heteroatoms. The van der Waals surface area contributed by atoms with Crippen molar-refractivity contribution in [2.45, 2.75) is 13.0 Å². The fourth-order valence-corrected chi connectivity index (χ4v) is 5.25. The van der Waals surface area contributed by atoms with Gasteiger partial charge in [0, 0.05) is 5.56 Å². The number of hydrogen-bond donors (Lipinski definition) is 1. The largest absolute Gasteiger partial charge is 0.841 e. The number of thiazole rings is 1. The van der Waals surface area contributed by atoms with Gasteiger partial charge in [0.25, 0.3) is 5.91 Å². The zero-order chi connectivity index (χ0) is 25.3. The average Bonchev–Trinajstić information content (AvgIpc) is 3.21. The SMILES string of the molecule is COC(=O)C1=C(C)N(C)c2sc(-c3ccccc3)c([O-])[n+]2C1c1ccc(OCC(N)=O)c(OC)c1. The number of amides is 1. The summed E-state index contributed by atoms with van der Waals surface area (Å²) in [6.07, 6.45) is 0. The van der Waals surface area contributed by atoms with E-state index in [2.05, 4.69) is 0 Å². The van der Waals surface area contributed by atoms with Crippen molar-refractivity contribution in [3.8, 4) is 27.8 Å². The summed E-state index contributed by atoms with van der Waals surface area (Å²) in [5, 5.41) is 14.4. The standard InChI is InChI=1S/C25H25N3O6S/c1-14-20(24(31)33-4)21(16-10-11-17(18(12-16)32-3)34-13-19(26)29)28-23(30)22(35-25(28)27(14)2)15-8-6-5-7-9-15/h5-12,21H,13H2,1-4H3,(H2-,26,29,30). The molecular weight excluding hydrogens is 470 g/mol. The fourth-order valence-electron chi connectivity index (χ4n) is 4.07. The molecule has 0 aliphatic carbocycles. The van der Waals surface area contributed by atoms with Gasteiger partial charge >= 0.3 is 11.1 Å². The molecule has 2 N–H and O–H groups in total. The van der Waals surface area contributed by atoms with Gasteiger partial charge in [-0.25, -0.2) is 14.3 Å². The number of aromatic nitrogens is 1. The molecule has 3 aromatic rings. The third kappa shape index (κ3) is 4.28. The van der Waals surface area contributed by atoms with E-state index in [0.717, 1.165) is 5.56 Å². The van der Waals surface area contributed by atoms with Gasteiger partial charge in [-0.1, -0.05) is 36.4 Å². The second kappa shape index (κ2) is 9.67. The molecule has 0 spiro atoms. The Morgan fingerprint density at radius 3 is 2.49 bits per heavy atom. The lowest BCUT2D eigenvalue weighted by Crippen LogP contribution is -2.51. The van der Waals surface area contributed by atoms with E-state index in [9.17, 15) is 14.7 Å². The molecule has 1 atom stereocenters. The van der Waals surface area contributed by atoms with Crippen molar-refractivity contribution in [1.82, 2.24) is 0 Å². The van der Waals surface area contributed by atoms with Crippen LogP contribution < -0.4 is 29.8 Å². The van der Waals surface area contributed by atoms with Gasteiger partial charge in [0.2, 0.25) is 0 Å². The van der Waals surface area contributed by atoms with E-state index in [1.54, 1.807) is 22.8 Å². The Bertz CT molecular complexity index is 1320. The van der Waals surface area contributed by atoms with Crippen LogP contribution in [0, 0.1) is 0 Å². The Labute approximate surface area is 206 Å². The third-order valence-electron chi connectivity index (χ3n) is 5.84. The molecule has 4 rings (SSSR count). The Morgan fingerprint density at radius 1 is 1.14 bits per heavy atom. The maximum Gasteiger partial charge on any atom is 0.342 e. The molecular formula is C25H25N3O6S. The van der Waals surface area contributed by atoms with Gasteiger partial charge in [0.15, 0.2) is 24.1 Å². The number of hydrogen-bond acceptors (Lipinski definition) is 8. The highest BCUT2D eigenvalue weighted by atomic mass is 32.1. The smallest absolute Gasteiger partial charge is 0.342 e. The summed E-state index contributed by atoms with van der Waals surface area (Å²) >= 11 is 1.35. The van der Waals surface area contributed by atoms with Crippen LogP contribution in [-0.4, -0.2) is 39.8 Å². The lowest BCUT2D eigenvalue weighted by Gasteiger charge is -2.29. The zero-order valence-corrected chi connectivity index (χ0v) is 20.5. The molecule has 1 aliphatic rings. The number of nitrogens with two attached hydrogens (primary N) is 1. The monoisotopic (exact) mass is 495 g/mol. The van der Waals surface area contributed by atoms with Crippen molar-refractivity contribution < 1.29 is 33.5 Å². The van der Waals surface area contributed by atoms with Crippen molar-refractivity contribution in [2.75, 3.05) is 32.8 Å². The minimum Gasteiger partial charge on any atom is -0.841 e. The predicted molar refractivity (Wildman–Crippen MR) is 128 cm³/mol. The van der Waals surface area contributed by atoms with Crippen LogP contribution in [0.2, 0.25) is 0 Å². The summed E-state index contributed by atoms with van der Waals surface area (Å²) in [6, 6.07) is 13.6. The lowest BCUT2D eigenvalue weighted by atomic mass is 9.94. The number of nitrogens with zero attached hydrogens (tertiary/aromatic N) is 2. The van der Waals surface area contributed by atoms with Gasteiger partial charge in [0.1, 0.15) is 11.3 Å². The van der Waals surface area contributed by atoms with E-state index in [1.165, 1.54) is 25.6 Å². The number of carbonyl (C=O) groups is 2. The van der Waals surface area contributed by atoms with Crippen molar-refractivity contribution in [3.05, 3.63) is 65.4 Å². The first-order valence-electron chi connectivity index (χ1n) is 10.7. The van der Waals surface area contributed by atoms with E-state index in [0.29, 0.717) is 38.3 Å². The summed E-state index contributed by atoms with van der Waals surface area (Å²) in [5.41, 5.74) is 7.59. The molecule has 2 heterocycles. The van der Waals surface area contributed by atoms with Gasteiger partial charge in [-0.15, -0.1) is 0 Å². The molecule has 35 heavy (non-hydrogen) atoms. The minimum absolute atomic E-state index is 0.227. The average molecular weight is 496 g/mol. The maximum absolute atomic E-state index is 13.8. The normalized spacial score (nSPS) is 15.0. The molecule has 0 saturated heterocycles. The molecule has 1 unspecified atom stereocenters. The van der Waals surface area contributed by atoms with Crippen LogP contribution in [0.4, 0.5) is 5.13 Å². The van der Waals surface area contributed by atoms with Gasteiger partial charge < -0.3 is 25.1 Å². The number of primary amides is 1. The van der Waals surface area contributed by atoms with Gasteiger partial charge in [-0.3, -0.25) is 4.79 Å². The van der Waals surface area contributed by atoms with Crippen molar-refractivity contribution in [2.24, 2.45) is 5.73 Å². The van der Waals surface area contributed by atoms with Crippen LogP contribution in [0.15, 0.2) is 59.8 Å². The number of esters is 1. The molecule has 9 nitrogen and oxygen atoms in total. The topological polar surface area (TPSA) is 118 Å². The number of ether oxygens (including phenoxy) is 3. The number of rotatable bonds is 7. The van der Waals surface area contributed by atoms with Crippen LogP contribution in [-0.2, 0) is 14.3 Å². The van der Waals surface area contributed by atoms with Crippen molar-refractivity contribution in [3.63, 3.8) is 0 Å². The number of anilines is 1. The number of allylic oxidation sites excluding steroid dienone is 1. The fraction of sp³-hybridized carbons (Fsp3) is 0.240. The highest BCUT2D eigenvalue weighted by Gasteiger charge is 2.43. The first kappa shape index (κ1) is 24.1. The molecule has 0 radical (unpaired) electrons. The second-order valence-electron chi connectivity index (χ2n) is 7.87. The molecule has 2 aromatic carbocycles. The summed E-state index contributed by atoms with van der Waals surface area (Å²) in [4.78, 5) is 26.5. The predicted octanol–water partition coefficient (Wildman–Crippen LogP) is 2.14. The second-order valence-corrected chi connectivity index (χ2v) is 8.85. The highest BCUT2D eigenvalue weighted by Crippen LogP contribution is 2.44. The Kier molecular flexibility index (Phi) is 6.65. The molecule has 1 amide bonds. The van der Waals surface area contributed by atoms with Crippen molar-refractivity contribution in [1.29, 1.82) is 0 Å². The highest BCUT2D eigenvalue weighted by molar-refractivity contribution is 7.18. The summed E-state index contributed by atoms with van der Waals surface area (Å²) in [7, 11) is 4.58. The number of fused-ring (bicyclic) bond motifs is 1. The van der Waals surface area contributed by atoms with E-state index >= 15 is 0 Å². The Balaban J connectivity index is 1.93. The zero-order valence-electron chi connectivity index (χ0n) is 19.7. The van der Waals surface area contributed by atoms with Crippen LogP contribution in [0.3, 0.4) is 0 Å². The summed E-state index contributed by atoms with van der Waals surface area (Å²) in [6.45, 7) is 1.50. The van der Waals surface area contributed by atoms with Gasteiger partial charge in [-0.2, -0.15) is 0 Å². The number of methoxy groups -OCH3 is 2. The van der Waals surface area contributed by atoms with Crippen LogP contribution in [0.1, 0.15) is 18.5 Å². The molecule has 0 fully saturated rings. The number of carbonyl (C=O) groups excluding carboxylic acids is 2. The lowest BCUT2D eigenvalue weighted by molar-refractivity contribution is -0.728. The van der Waals surface area contributed by atoms with E-state index < -0.39 is 17.9 Å².